The number of hydrogen-bond acceptors (Lipinski definition) is 2. The predicted molar refractivity (Wildman–Crippen MR) is 99.2 cm³/mol. The van der Waals surface area contributed by atoms with E-state index in [1.165, 1.54) is 12.8 Å². The number of hydrogen-bond donors (Lipinski definition) is 0. The molecule has 2 rings (SSSR count). The van der Waals surface area contributed by atoms with E-state index >= 15 is 0 Å². The number of unbranched alkanes of at least 4 members (excludes halogenated alkanes) is 3. The number of halogens is 1. The Kier molecular flexibility index (Phi) is 6.86. The number of aryl methyl sites for hydroxylation is 1. The molecule has 1 aromatic carbocycles. The van der Waals surface area contributed by atoms with E-state index < -0.39 is 10.0 Å². The van der Waals surface area contributed by atoms with Crippen LogP contribution in [0.4, 0.5) is 0 Å². The van der Waals surface area contributed by atoms with Gasteiger partial charge in [0, 0.05) is 11.0 Å². The second-order valence-corrected chi connectivity index (χ2v) is 8.98. The van der Waals surface area contributed by atoms with Crippen LogP contribution in [0.3, 0.4) is 0 Å². The minimum Gasteiger partial charge on any atom is -0.207 e. The Morgan fingerprint density at radius 1 is 1.30 bits per heavy atom. The first kappa shape index (κ1) is 18.7. The monoisotopic (exact) mass is 399 g/mol. The van der Waals surface area contributed by atoms with Gasteiger partial charge >= 0.3 is 0 Å². The van der Waals surface area contributed by atoms with E-state index in [0.29, 0.717) is 11.4 Å². The fourth-order valence-corrected chi connectivity index (χ4v) is 5.43. The molecule has 0 amide bonds. The smallest absolute Gasteiger partial charge is 0.207 e. The van der Waals surface area contributed by atoms with Crippen molar-refractivity contribution < 1.29 is 8.42 Å². The lowest BCUT2D eigenvalue weighted by atomic mass is 10.1. The molecule has 0 aromatic heterocycles. The van der Waals surface area contributed by atoms with Crippen LogP contribution < -0.4 is 0 Å². The summed E-state index contributed by atoms with van der Waals surface area (Å²) in [6.07, 6.45) is 8.52. The Balaban J connectivity index is 2.15. The van der Waals surface area contributed by atoms with Crippen molar-refractivity contribution in [1.29, 1.82) is 0 Å². The van der Waals surface area contributed by atoms with Crippen LogP contribution in [0.15, 0.2) is 39.7 Å². The van der Waals surface area contributed by atoms with Crippen molar-refractivity contribution in [3.63, 3.8) is 0 Å². The summed E-state index contributed by atoms with van der Waals surface area (Å²) in [6, 6.07) is 7.07. The summed E-state index contributed by atoms with van der Waals surface area (Å²) in [7, 11) is -3.42. The highest BCUT2D eigenvalue weighted by Gasteiger charge is 2.36. The van der Waals surface area contributed by atoms with Gasteiger partial charge in [-0.1, -0.05) is 59.5 Å². The lowest BCUT2D eigenvalue weighted by Crippen LogP contribution is -2.35. The van der Waals surface area contributed by atoms with Crippen LogP contribution in [0, 0.1) is 6.92 Å². The maximum atomic E-state index is 12.9. The molecule has 1 heterocycles. The Labute approximate surface area is 149 Å². The van der Waals surface area contributed by atoms with Gasteiger partial charge in [-0.15, -0.1) is 0 Å². The van der Waals surface area contributed by atoms with Crippen molar-refractivity contribution in [2.45, 2.75) is 63.3 Å². The molecule has 1 unspecified atom stereocenters. The molecule has 1 aliphatic rings. The Morgan fingerprint density at radius 2 is 2.00 bits per heavy atom. The van der Waals surface area contributed by atoms with E-state index in [-0.39, 0.29) is 6.04 Å². The fourth-order valence-electron chi connectivity index (χ4n) is 2.92. The predicted octanol–water partition coefficient (Wildman–Crippen LogP) is 5.01. The summed E-state index contributed by atoms with van der Waals surface area (Å²) in [5, 5.41) is 0. The highest BCUT2D eigenvalue weighted by atomic mass is 79.9. The maximum Gasteiger partial charge on any atom is 0.243 e. The van der Waals surface area contributed by atoms with Gasteiger partial charge in [0.25, 0.3) is 0 Å². The molecule has 0 bridgehead atoms. The lowest BCUT2D eigenvalue weighted by molar-refractivity contribution is 0.429. The third-order valence-electron chi connectivity index (χ3n) is 4.30. The number of rotatable bonds is 7. The van der Waals surface area contributed by atoms with Gasteiger partial charge in [0.15, 0.2) is 0 Å². The fraction of sp³-hybridized carbons (Fsp3) is 0.556. The van der Waals surface area contributed by atoms with E-state index in [1.807, 2.05) is 19.1 Å². The van der Waals surface area contributed by atoms with E-state index in [2.05, 4.69) is 28.9 Å². The van der Waals surface area contributed by atoms with E-state index in [4.69, 9.17) is 0 Å². The van der Waals surface area contributed by atoms with Gasteiger partial charge in [-0.25, -0.2) is 8.42 Å². The largest absolute Gasteiger partial charge is 0.243 e. The van der Waals surface area contributed by atoms with Gasteiger partial charge in [-0.2, -0.15) is 4.31 Å². The molecule has 0 aliphatic carbocycles. The third-order valence-corrected chi connectivity index (χ3v) is 7.07. The van der Waals surface area contributed by atoms with E-state index in [0.717, 1.165) is 35.7 Å². The number of benzene rings is 1. The van der Waals surface area contributed by atoms with Gasteiger partial charge < -0.3 is 0 Å². The van der Waals surface area contributed by atoms with Crippen LogP contribution in [0.2, 0.25) is 0 Å². The Morgan fingerprint density at radius 3 is 2.65 bits per heavy atom. The zero-order valence-electron chi connectivity index (χ0n) is 14.0. The molecule has 1 fully saturated rings. The summed E-state index contributed by atoms with van der Waals surface area (Å²) in [6.45, 7) is 4.75. The number of sulfonamides is 1. The molecule has 0 spiro atoms. The van der Waals surface area contributed by atoms with Crippen molar-refractivity contribution in [2.24, 2.45) is 0 Å². The zero-order chi connectivity index (χ0) is 16.9. The summed E-state index contributed by atoms with van der Waals surface area (Å²) < 4.78 is 28.5. The number of nitrogens with zero attached hydrogens (tertiary/aromatic N) is 1. The topological polar surface area (TPSA) is 37.4 Å². The molecule has 0 N–H and O–H groups in total. The third kappa shape index (κ3) is 4.68. The normalized spacial score (nSPS) is 20.1. The van der Waals surface area contributed by atoms with Gasteiger partial charge in [0.2, 0.25) is 10.0 Å². The van der Waals surface area contributed by atoms with Crippen LogP contribution in [-0.2, 0) is 10.0 Å². The summed E-state index contributed by atoms with van der Waals surface area (Å²) in [5.41, 5.74) is 1.07. The molecule has 0 radical (unpaired) electrons. The van der Waals surface area contributed by atoms with Gasteiger partial charge in [0.1, 0.15) is 0 Å². The molecule has 3 nitrogen and oxygen atoms in total. The standard InChI is InChI=1S/C18H26BrNO2S/c1-3-4-5-6-8-17(19)18-9-7-14-20(18)23(21,22)16-12-10-15(2)11-13-16/h8,10-13,18H,3-7,9,14H2,1-2H3/b17-8-. The molecule has 1 saturated heterocycles. The first-order chi connectivity index (χ1) is 11.0. The molecule has 5 heteroatoms. The SMILES string of the molecule is CCCCC/C=C(\Br)C1CCCN1S(=O)(=O)c1ccc(C)cc1. The second-order valence-electron chi connectivity index (χ2n) is 6.17. The van der Waals surface area contributed by atoms with Crippen LogP contribution in [0.5, 0.6) is 0 Å². The summed E-state index contributed by atoms with van der Waals surface area (Å²) in [4.78, 5) is 0.390. The van der Waals surface area contributed by atoms with Crippen molar-refractivity contribution in [1.82, 2.24) is 4.31 Å². The first-order valence-electron chi connectivity index (χ1n) is 8.41. The van der Waals surface area contributed by atoms with Crippen molar-refractivity contribution in [3.8, 4) is 0 Å². The van der Waals surface area contributed by atoms with E-state index in [1.54, 1.807) is 16.4 Å². The van der Waals surface area contributed by atoms with Gasteiger partial charge in [-0.3, -0.25) is 0 Å². The van der Waals surface area contributed by atoms with Crippen molar-refractivity contribution >= 4 is 26.0 Å². The number of allylic oxidation sites excluding steroid dienone is 1. The Bertz CT molecular complexity index is 637. The van der Waals surface area contributed by atoms with Crippen LogP contribution in [0.1, 0.15) is 51.0 Å². The van der Waals surface area contributed by atoms with Crippen LogP contribution in [0.25, 0.3) is 0 Å². The van der Waals surface area contributed by atoms with Crippen molar-refractivity contribution in [3.05, 3.63) is 40.4 Å². The van der Waals surface area contributed by atoms with E-state index in [9.17, 15) is 8.42 Å². The van der Waals surface area contributed by atoms with Crippen LogP contribution >= 0.6 is 15.9 Å². The zero-order valence-corrected chi connectivity index (χ0v) is 16.4. The van der Waals surface area contributed by atoms with Gasteiger partial charge in [-0.05, 0) is 44.7 Å². The maximum absolute atomic E-state index is 12.9. The second kappa shape index (κ2) is 8.45. The average Bonchev–Trinajstić information content (AvgIpc) is 3.02. The molecule has 128 valence electrons. The summed E-state index contributed by atoms with van der Waals surface area (Å²) in [5.74, 6) is 0. The van der Waals surface area contributed by atoms with Crippen LogP contribution in [-0.4, -0.2) is 25.3 Å². The minimum atomic E-state index is -3.42. The highest BCUT2D eigenvalue weighted by Crippen LogP contribution is 2.33. The molecular formula is C18H26BrNO2S. The summed E-state index contributed by atoms with van der Waals surface area (Å²) >= 11 is 3.63. The minimum absolute atomic E-state index is 0.0528. The molecule has 1 atom stereocenters. The average molecular weight is 400 g/mol. The Hall–Kier alpha value is -0.650. The first-order valence-corrected chi connectivity index (χ1v) is 10.6. The molecular weight excluding hydrogens is 374 g/mol. The van der Waals surface area contributed by atoms with Gasteiger partial charge in [0.05, 0.1) is 10.9 Å². The van der Waals surface area contributed by atoms with Crippen molar-refractivity contribution in [2.75, 3.05) is 6.54 Å². The molecule has 0 saturated carbocycles. The quantitative estimate of drug-likeness (QED) is 0.604. The highest BCUT2D eigenvalue weighted by molar-refractivity contribution is 9.11. The lowest BCUT2D eigenvalue weighted by Gasteiger charge is -2.24. The molecule has 1 aromatic rings. The molecule has 23 heavy (non-hydrogen) atoms. The molecule has 1 aliphatic heterocycles.